The second kappa shape index (κ2) is 7.82. The molecule has 1 amide bonds. The number of halogens is 1. The summed E-state index contributed by atoms with van der Waals surface area (Å²) >= 11 is 5.98. The molecule has 1 aromatic heterocycles. The lowest BCUT2D eigenvalue weighted by Gasteiger charge is -2.55. The van der Waals surface area contributed by atoms with Crippen LogP contribution in [-0.2, 0) is 6.54 Å². The van der Waals surface area contributed by atoms with Gasteiger partial charge in [0.05, 0.1) is 5.69 Å². The molecular weight excluding hydrogens is 372 g/mol. The van der Waals surface area contributed by atoms with Gasteiger partial charge in [-0.3, -0.25) is 19.6 Å². The summed E-state index contributed by atoms with van der Waals surface area (Å²) in [5.41, 5.74) is 1.76. The van der Waals surface area contributed by atoms with Gasteiger partial charge in [0.15, 0.2) is 0 Å². The minimum absolute atomic E-state index is 0.0396. The number of amides is 1. The Balaban J connectivity index is 1.48. The first-order chi connectivity index (χ1) is 13.4. The quantitative estimate of drug-likeness (QED) is 0.796. The Hall–Kier alpha value is -1.95. The van der Waals surface area contributed by atoms with Crippen LogP contribution >= 0.6 is 11.6 Å². The highest BCUT2D eigenvalue weighted by molar-refractivity contribution is 6.30. The zero-order valence-electron chi connectivity index (χ0n) is 16.5. The highest BCUT2D eigenvalue weighted by Crippen LogP contribution is 2.29. The second-order valence-corrected chi connectivity index (χ2v) is 8.84. The summed E-state index contributed by atoms with van der Waals surface area (Å²) in [5.74, 6) is 0.0891. The molecule has 28 heavy (non-hydrogen) atoms. The molecule has 1 unspecified atom stereocenters. The number of carbonyl (C=O) groups excluding carboxylic acids is 1. The van der Waals surface area contributed by atoms with Gasteiger partial charge in [-0.1, -0.05) is 17.7 Å². The number of nitrogens with zero attached hydrogens (tertiary/aromatic N) is 4. The van der Waals surface area contributed by atoms with Gasteiger partial charge in [-0.15, -0.1) is 0 Å². The minimum atomic E-state index is -0.0396. The Morgan fingerprint density at radius 1 is 1.14 bits per heavy atom. The first kappa shape index (κ1) is 19.4. The molecule has 1 aromatic carbocycles. The predicted molar refractivity (Wildman–Crippen MR) is 111 cm³/mol. The largest absolute Gasteiger partial charge is 0.335 e. The van der Waals surface area contributed by atoms with Crippen LogP contribution in [0.25, 0.3) is 0 Å². The molecular formula is C22H27ClN4O. The Labute approximate surface area is 171 Å². The van der Waals surface area contributed by atoms with Crippen LogP contribution in [0.15, 0.2) is 48.7 Å². The smallest absolute Gasteiger partial charge is 0.253 e. The molecule has 2 saturated heterocycles. The van der Waals surface area contributed by atoms with E-state index in [9.17, 15) is 4.79 Å². The first-order valence-electron chi connectivity index (χ1n) is 9.86. The predicted octanol–water partition coefficient (Wildman–Crippen LogP) is 3.16. The van der Waals surface area contributed by atoms with E-state index in [1.54, 1.807) is 12.1 Å². The van der Waals surface area contributed by atoms with Gasteiger partial charge in [0.25, 0.3) is 5.91 Å². The average Bonchev–Trinajstić information content (AvgIpc) is 2.68. The highest BCUT2D eigenvalue weighted by Gasteiger charge is 2.43. The number of piperazine rings is 2. The van der Waals surface area contributed by atoms with Crippen LogP contribution < -0.4 is 0 Å². The van der Waals surface area contributed by atoms with Gasteiger partial charge in [-0.25, -0.2) is 0 Å². The maximum atomic E-state index is 13.1. The Morgan fingerprint density at radius 2 is 1.93 bits per heavy atom. The molecule has 0 spiro atoms. The van der Waals surface area contributed by atoms with Crippen LogP contribution in [0.4, 0.5) is 0 Å². The molecule has 3 heterocycles. The van der Waals surface area contributed by atoms with Gasteiger partial charge in [0.1, 0.15) is 0 Å². The number of hydrogen-bond acceptors (Lipinski definition) is 4. The van der Waals surface area contributed by atoms with E-state index >= 15 is 0 Å². The summed E-state index contributed by atoms with van der Waals surface area (Å²) in [7, 11) is 0. The normalized spacial score (nSPS) is 22.7. The fourth-order valence-corrected chi connectivity index (χ4v) is 4.67. The van der Waals surface area contributed by atoms with Gasteiger partial charge in [0.2, 0.25) is 0 Å². The number of fused-ring (bicyclic) bond motifs is 1. The molecule has 0 aliphatic carbocycles. The summed E-state index contributed by atoms with van der Waals surface area (Å²) in [6.45, 7) is 9.84. The van der Waals surface area contributed by atoms with Crippen LogP contribution in [0.5, 0.6) is 0 Å². The lowest BCUT2D eigenvalue weighted by atomic mass is 9.92. The highest BCUT2D eigenvalue weighted by atomic mass is 35.5. The fourth-order valence-electron chi connectivity index (χ4n) is 4.54. The second-order valence-electron chi connectivity index (χ2n) is 8.41. The van der Waals surface area contributed by atoms with E-state index in [4.69, 9.17) is 11.6 Å². The van der Waals surface area contributed by atoms with Crippen molar-refractivity contribution in [1.82, 2.24) is 19.7 Å². The molecule has 0 N–H and O–H groups in total. The van der Waals surface area contributed by atoms with Crippen molar-refractivity contribution in [2.75, 3.05) is 32.7 Å². The number of benzene rings is 1. The third kappa shape index (κ3) is 4.07. The number of pyridine rings is 1. The first-order valence-corrected chi connectivity index (χ1v) is 10.2. The molecule has 5 nitrogen and oxygen atoms in total. The third-order valence-corrected chi connectivity index (χ3v) is 6.10. The van der Waals surface area contributed by atoms with E-state index in [1.807, 2.05) is 35.4 Å². The zero-order valence-corrected chi connectivity index (χ0v) is 17.3. The number of hydrogen-bond donors (Lipinski definition) is 0. The van der Waals surface area contributed by atoms with Crippen LogP contribution in [0, 0.1) is 0 Å². The Kier molecular flexibility index (Phi) is 5.41. The van der Waals surface area contributed by atoms with Crippen molar-refractivity contribution in [3.63, 3.8) is 0 Å². The Morgan fingerprint density at radius 3 is 2.64 bits per heavy atom. The van der Waals surface area contributed by atoms with Gasteiger partial charge in [-0.2, -0.15) is 0 Å². The van der Waals surface area contributed by atoms with Gasteiger partial charge >= 0.3 is 0 Å². The average molecular weight is 399 g/mol. The molecule has 2 aromatic rings. The number of carbonyl (C=O) groups is 1. The Bertz CT molecular complexity index is 824. The van der Waals surface area contributed by atoms with Crippen molar-refractivity contribution in [2.24, 2.45) is 0 Å². The minimum Gasteiger partial charge on any atom is -0.335 e. The molecule has 2 aliphatic heterocycles. The number of rotatable bonds is 3. The number of aromatic nitrogens is 1. The molecule has 0 bridgehead atoms. The molecule has 2 fully saturated rings. The van der Waals surface area contributed by atoms with Crippen molar-refractivity contribution >= 4 is 17.5 Å². The zero-order chi connectivity index (χ0) is 19.7. The molecule has 0 saturated carbocycles. The fraction of sp³-hybridized carbons (Fsp3) is 0.455. The van der Waals surface area contributed by atoms with Crippen LogP contribution in [0.1, 0.15) is 29.9 Å². The van der Waals surface area contributed by atoms with E-state index < -0.39 is 0 Å². The summed E-state index contributed by atoms with van der Waals surface area (Å²) in [6.07, 6.45) is 1.85. The van der Waals surface area contributed by atoms with E-state index in [2.05, 4.69) is 34.7 Å². The maximum Gasteiger partial charge on any atom is 0.253 e. The molecule has 0 radical (unpaired) electrons. The van der Waals surface area contributed by atoms with Gasteiger partial charge < -0.3 is 4.90 Å². The van der Waals surface area contributed by atoms with Crippen molar-refractivity contribution in [1.29, 1.82) is 0 Å². The van der Waals surface area contributed by atoms with E-state index in [0.29, 0.717) is 16.6 Å². The summed E-state index contributed by atoms with van der Waals surface area (Å²) in [4.78, 5) is 24.6. The van der Waals surface area contributed by atoms with Crippen molar-refractivity contribution in [3.8, 4) is 0 Å². The molecule has 6 heteroatoms. The van der Waals surface area contributed by atoms with E-state index in [0.717, 1.165) is 45.0 Å². The molecule has 148 valence electrons. The lowest BCUT2D eigenvalue weighted by molar-refractivity contribution is -0.0579. The lowest BCUT2D eigenvalue weighted by Crippen LogP contribution is -2.70. The van der Waals surface area contributed by atoms with Crippen molar-refractivity contribution < 1.29 is 4.79 Å². The summed E-state index contributed by atoms with van der Waals surface area (Å²) in [6, 6.07) is 13.6. The topological polar surface area (TPSA) is 39.7 Å². The van der Waals surface area contributed by atoms with Crippen LogP contribution in [0.3, 0.4) is 0 Å². The van der Waals surface area contributed by atoms with Crippen LogP contribution in [-0.4, -0.2) is 69.9 Å². The third-order valence-electron chi connectivity index (χ3n) is 5.84. The SMILES string of the molecule is CC1(C)CN(C(=O)c2ccc(Cl)cc2)CC2CN(Cc3ccccn3)CCN21. The standard InChI is InChI=1S/C22H27ClN4O/c1-22(2)16-26(21(28)17-6-8-18(23)9-7-17)15-20-14-25(11-12-27(20)22)13-19-5-3-4-10-24-19/h3-10,20H,11-16H2,1-2H3. The van der Waals surface area contributed by atoms with E-state index in [-0.39, 0.29) is 11.4 Å². The molecule has 1 atom stereocenters. The van der Waals surface area contributed by atoms with Crippen molar-refractivity contribution in [2.45, 2.75) is 32.0 Å². The monoisotopic (exact) mass is 398 g/mol. The summed E-state index contributed by atoms with van der Waals surface area (Å²) < 4.78 is 0. The van der Waals surface area contributed by atoms with Gasteiger partial charge in [-0.05, 0) is 50.2 Å². The van der Waals surface area contributed by atoms with E-state index in [1.165, 1.54) is 0 Å². The maximum absolute atomic E-state index is 13.1. The van der Waals surface area contributed by atoms with Crippen LogP contribution in [0.2, 0.25) is 5.02 Å². The van der Waals surface area contributed by atoms with Crippen molar-refractivity contribution in [3.05, 3.63) is 64.9 Å². The summed E-state index contributed by atoms with van der Waals surface area (Å²) in [5, 5.41) is 0.652. The molecule has 2 aliphatic rings. The molecule has 4 rings (SSSR count). The van der Waals surface area contributed by atoms with Gasteiger partial charge in [0, 0.05) is 67.6 Å².